The zero-order valence-electron chi connectivity index (χ0n) is 17.2. The molecule has 30 heavy (non-hydrogen) atoms. The molecule has 1 amide bonds. The molecule has 0 spiro atoms. The summed E-state index contributed by atoms with van der Waals surface area (Å²) in [7, 11) is 1.65. The molecule has 0 bridgehead atoms. The number of aryl methyl sites for hydroxylation is 2. The molecule has 3 aromatic heterocycles. The first-order valence-corrected chi connectivity index (χ1v) is 9.76. The highest BCUT2D eigenvalue weighted by molar-refractivity contribution is 5.90. The van der Waals surface area contributed by atoms with Gasteiger partial charge in [0.15, 0.2) is 5.65 Å². The molecule has 0 aliphatic carbocycles. The average Bonchev–Trinajstić information content (AvgIpc) is 3.18. The van der Waals surface area contributed by atoms with E-state index < -0.39 is 0 Å². The van der Waals surface area contributed by atoms with Crippen molar-refractivity contribution in [3.63, 3.8) is 0 Å². The Balaban J connectivity index is 1.59. The fourth-order valence-electron chi connectivity index (χ4n) is 3.58. The number of amides is 1. The van der Waals surface area contributed by atoms with Crippen molar-refractivity contribution in [1.82, 2.24) is 19.6 Å². The molecule has 0 fully saturated rings. The number of nitrogens with zero attached hydrogens (tertiary/aromatic N) is 4. The van der Waals surface area contributed by atoms with Gasteiger partial charge in [0.2, 0.25) is 5.91 Å². The van der Waals surface area contributed by atoms with Gasteiger partial charge >= 0.3 is 0 Å². The zero-order chi connectivity index (χ0) is 21.1. The van der Waals surface area contributed by atoms with Gasteiger partial charge in [-0.1, -0.05) is 12.1 Å². The molecule has 0 aliphatic heterocycles. The molecular formula is C23H23N5O2. The fraction of sp³-hybridized carbons (Fsp3) is 0.217. The number of para-hydroxylation sites is 1. The van der Waals surface area contributed by atoms with Gasteiger partial charge in [-0.15, -0.1) is 0 Å². The Morgan fingerprint density at radius 1 is 1.17 bits per heavy atom. The van der Waals surface area contributed by atoms with Crippen LogP contribution in [0.3, 0.4) is 0 Å². The minimum atomic E-state index is -0.0583. The molecule has 0 unspecified atom stereocenters. The molecule has 4 aromatic rings. The van der Waals surface area contributed by atoms with Crippen molar-refractivity contribution in [2.24, 2.45) is 0 Å². The van der Waals surface area contributed by atoms with Crippen molar-refractivity contribution in [2.75, 3.05) is 12.4 Å². The smallest absolute Gasteiger partial charge is 0.224 e. The molecule has 7 nitrogen and oxygen atoms in total. The summed E-state index contributed by atoms with van der Waals surface area (Å²) in [6, 6.07) is 13.3. The average molecular weight is 401 g/mol. The second kappa shape index (κ2) is 8.32. The van der Waals surface area contributed by atoms with Crippen LogP contribution in [-0.4, -0.2) is 32.6 Å². The Kier molecular flexibility index (Phi) is 5.43. The van der Waals surface area contributed by atoms with Gasteiger partial charge in [-0.3, -0.25) is 9.78 Å². The third kappa shape index (κ3) is 3.87. The minimum Gasteiger partial charge on any atom is -0.496 e. The standard InChI is InChI=1S/C23H23N5O2/c1-15-18(10-11-23(29)26-17-7-6-12-24-14-17)16(2)28-22(25-15)13-20(27-28)19-8-4-5-9-21(19)30-3/h4-9,12-14H,10-11H2,1-3H3,(H,26,29). The molecule has 0 aliphatic rings. The highest BCUT2D eigenvalue weighted by atomic mass is 16.5. The number of hydrogen-bond donors (Lipinski definition) is 1. The maximum absolute atomic E-state index is 12.3. The predicted molar refractivity (Wildman–Crippen MR) is 116 cm³/mol. The Labute approximate surface area is 174 Å². The quantitative estimate of drug-likeness (QED) is 0.528. The zero-order valence-corrected chi connectivity index (χ0v) is 17.2. The fourth-order valence-corrected chi connectivity index (χ4v) is 3.58. The predicted octanol–water partition coefficient (Wildman–Crippen LogP) is 3.99. The molecule has 4 rings (SSSR count). The van der Waals surface area contributed by atoms with E-state index in [4.69, 9.17) is 14.8 Å². The topological polar surface area (TPSA) is 81.4 Å². The molecule has 1 aromatic carbocycles. The van der Waals surface area contributed by atoms with Crippen molar-refractivity contribution in [3.05, 3.63) is 71.8 Å². The highest BCUT2D eigenvalue weighted by Crippen LogP contribution is 2.30. The Bertz CT molecular complexity index is 1200. The second-order valence-electron chi connectivity index (χ2n) is 7.05. The van der Waals surface area contributed by atoms with Gasteiger partial charge in [-0.25, -0.2) is 9.50 Å². The van der Waals surface area contributed by atoms with E-state index >= 15 is 0 Å². The number of carbonyl (C=O) groups excluding carboxylic acids is 1. The van der Waals surface area contributed by atoms with Crippen molar-refractivity contribution in [3.8, 4) is 17.0 Å². The van der Waals surface area contributed by atoms with Crippen molar-refractivity contribution in [1.29, 1.82) is 0 Å². The number of aromatic nitrogens is 4. The lowest BCUT2D eigenvalue weighted by atomic mass is 10.1. The van der Waals surface area contributed by atoms with E-state index in [1.54, 1.807) is 25.6 Å². The van der Waals surface area contributed by atoms with E-state index in [1.807, 2.05) is 54.8 Å². The number of rotatable bonds is 6. The van der Waals surface area contributed by atoms with E-state index in [-0.39, 0.29) is 5.91 Å². The molecule has 7 heteroatoms. The van der Waals surface area contributed by atoms with Crippen molar-refractivity contribution < 1.29 is 9.53 Å². The summed E-state index contributed by atoms with van der Waals surface area (Å²) in [5, 5.41) is 7.62. The Morgan fingerprint density at radius 3 is 2.77 bits per heavy atom. The highest BCUT2D eigenvalue weighted by Gasteiger charge is 2.16. The second-order valence-corrected chi connectivity index (χ2v) is 7.05. The number of pyridine rings is 1. The van der Waals surface area contributed by atoms with E-state index in [2.05, 4.69) is 10.3 Å². The number of hydrogen-bond acceptors (Lipinski definition) is 5. The number of ether oxygens (including phenoxy) is 1. The van der Waals surface area contributed by atoms with E-state index in [0.717, 1.165) is 39.6 Å². The van der Waals surface area contributed by atoms with E-state index in [9.17, 15) is 4.79 Å². The largest absolute Gasteiger partial charge is 0.496 e. The van der Waals surface area contributed by atoms with Crippen LogP contribution in [0.25, 0.3) is 16.9 Å². The van der Waals surface area contributed by atoms with Crippen LogP contribution < -0.4 is 10.1 Å². The number of methoxy groups -OCH3 is 1. The molecule has 3 heterocycles. The minimum absolute atomic E-state index is 0.0583. The molecular weight excluding hydrogens is 378 g/mol. The van der Waals surface area contributed by atoms with Crippen LogP contribution in [-0.2, 0) is 11.2 Å². The van der Waals surface area contributed by atoms with Gasteiger partial charge in [-0.05, 0) is 50.1 Å². The lowest BCUT2D eigenvalue weighted by molar-refractivity contribution is -0.116. The summed E-state index contributed by atoms with van der Waals surface area (Å²) >= 11 is 0. The first-order valence-electron chi connectivity index (χ1n) is 9.76. The first kappa shape index (κ1) is 19.6. The molecule has 152 valence electrons. The van der Waals surface area contributed by atoms with Gasteiger partial charge in [0.05, 0.1) is 24.7 Å². The van der Waals surface area contributed by atoms with Gasteiger partial charge in [0, 0.05) is 35.6 Å². The molecule has 0 radical (unpaired) electrons. The van der Waals surface area contributed by atoms with Crippen LogP contribution in [0.2, 0.25) is 0 Å². The summed E-state index contributed by atoms with van der Waals surface area (Å²) in [6.45, 7) is 3.98. The third-order valence-corrected chi connectivity index (χ3v) is 5.09. The van der Waals surface area contributed by atoms with Crippen LogP contribution in [0.4, 0.5) is 5.69 Å². The van der Waals surface area contributed by atoms with Crippen molar-refractivity contribution in [2.45, 2.75) is 26.7 Å². The summed E-state index contributed by atoms with van der Waals surface area (Å²) in [6.07, 6.45) is 4.23. The number of nitrogens with one attached hydrogen (secondary N) is 1. The van der Waals surface area contributed by atoms with Crippen LogP contribution in [0, 0.1) is 13.8 Å². The molecule has 0 atom stereocenters. The monoisotopic (exact) mass is 401 g/mol. The Morgan fingerprint density at radius 2 is 2.00 bits per heavy atom. The lowest BCUT2D eigenvalue weighted by Crippen LogP contribution is -2.14. The number of benzene rings is 1. The number of carbonyl (C=O) groups is 1. The van der Waals surface area contributed by atoms with E-state index in [1.165, 1.54) is 0 Å². The summed E-state index contributed by atoms with van der Waals surface area (Å²) in [4.78, 5) is 21.1. The number of fused-ring (bicyclic) bond motifs is 1. The summed E-state index contributed by atoms with van der Waals surface area (Å²) in [5.74, 6) is 0.708. The Hall–Kier alpha value is -3.74. The lowest BCUT2D eigenvalue weighted by Gasteiger charge is -2.11. The summed E-state index contributed by atoms with van der Waals surface area (Å²) < 4.78 is 7.31. The maximum atomic E-state index is 12.3. The van der Waals surface area contributed by atoms with Gasteiger partial charge in [-0.2, -0.15) is 5.10 Å². The molecule has 1 N–H and O–H groups in total. The van der Waals surface area contributed by atoms with Crippen molar-refractivity contribution >= 4 is 17.2 Å². The van der Waals surface area contributed by atoms with Crippen LogP contribution in [0.15, 0.2) is 54.9 Å². The molecule has 0 saturated carbocycles. The van der Waals surface area contributed by atoms with Gasteiger partial charge in [0.1, 0.15) is 5.75 Å². The van der Waals surface area contributed by atoms with Crippen LogP contribution >= 0.6 is 0 Å². The van der Waals surface area contributed by atoms with E-state index in [0.29, 0.717) is 18.5 Å². The van der Waals surface area contributed by atoms with Gasteiger partial charge in [0.25, 0.3) is 0 Å². The SMILES string of the molecule is COc1ccccc1-c1cc2nc(C)c(CCC(=O)Nc3cccnc3)c(C)n2n1. The summed E-state index contributed by atoms with van der Waals surface area (Å²) in [5.41, 5.74) is 6.09. The maximum Gasteiger partial charge on any atom is 0.224 e. The van der Waals surface area contributed by atoms with Crippen LogP contribution in [0.1, 0.15) is 23.4 Å². The van der Waals surface area contributed by atoms with Gasteiger partial charge < -0.3 is 10.1 Å². The number of anilines is 1. The normalized spacial score (nSPS) is 10.9. The first-order chi connectivity index (χ1) is 14.6. The van der Waals surface area contributed by atoms with Crippen LogP contribution in [0.5, 0.6) is 5.75 Å². The third-order valence-electron chi connectivity index (χ3n) is 5.09. The molecule has 0 saturated heterocycles.